The molecule has 1 aliphatic heterocycles. The Kier molecular flexibility index (Phi) is 4.01. The summed E-state index contributed by atoms with van der Waals surface area (Å²) in [7, 11) is 0. The van der Waals surface area contributed by atoms with Crippen molar-refractivity contribution in [2.75, 3.05) is 13.1 Å². The van der Waals surface area contributed by atoms with E-state index in [0.29, 0.717) is 11.3 Å². The molecule has 1 saturated heterocycles. The lowest BCUT2D eigenvalue weighted by Crippen LogP contribution is -2.42. The highest BCUT2D eigenvalue weighted by molar-refractivity contribution is 5.82. The first-order valence-corrected chi connectivity index (χ1v) is 7.93. The Labute approximate surface area is 130 Å². The second kappa shape index (κ2) is 5.95. The van der Waals surface area contributed by atoms with Crippen LogP contribution in [0.5, 0.6) is 0 Å². The van der Waals surface area contributed by atoms with E-state index in [1.165, 1.54) is 6.42 Å². The third-order valence-corrected chi connectivity index (χ3v) is 4.53. The third kappa shape index (κ3) is 2.78. The fourth-order valence-corrected chi connectivity index (χ4v) is 3.27. The number of aryl methyl sites for hydroxylation is 1. The number of benzene rings is 1. The number of carbonyl (C=O) groups is 1. The molecule has 22 heavy (non-hydrogen) atoms. The molecule has 1 amide bonds. The highest BCUT2D eigenvalue weighted by atomic mass is 16.2. The molecule has 4 nitrogen and oxygen atoms in total. The van der Waals surface area contributed by atoms with Gasteiger partial charge in [-0.15, -0.1) is 0 Å². The molecule has 1 unspecified atom stereocenters. The smallest absolute Gasteiger partial charge is 0.259 e. The molecule has 0 radical (unpaired) electrons. The minimum atomic E-state index is -0.0750. The number of fused-ring (bicyclic) bond motifs is 1. The first-order chi connectivity index (χ1) is 10.6. The van der Waals surface area contributed by atoms with Crippen molar-refractivity contribution >= 4 is 16.7 Å². The van der Waals surface area contributed by atoms with Crippen molar-refractivity contribution in [2.45, 2.75) is 33.2 Å². The molecule has 4 heteroatoms. The Morgan fingerprint density at radius 1 is 1.32 bits per heavy atom. The van der Waals surface area contributed by atoms with Crippen LogP contribution >= 0.6 is 0 Å². The van der Waals surface area contributed by atoms with E-state index in [0.717, 1.165) is 30.6 Å². The van der Waals surface area contributed by atoms with Gasteiger partial charge in [-0.25, -0.2) is 0 Å². The lowest BCUT2D eigenvalue weighted by atomic mass is 10.0. The Hall–Kier alpha value is -2.10. The zero-order chi connectivity index (χ0) is 15.7. The second-order valence-corrected chi connectivity index (χ2v) is 6.35. The molecular weight excluding hydrogens is 276 g/mol. The number of nitrogens with zero attached hydrogens (tertiary/aromatic N) is 2. The number of piperidine rings is 1. The van der Waals surface area contributed by atoms with Gasteiger partial charge in [-0.2, -0.15) is 0 Å². The number of likely N-dealkylation sites (tertiary alicyclic amines) is 1. The number of hydrogen-bond donors (Lipinski definition) is 0. The number of pyridine rings is 1. The Morgan fingerprint density at radius 2 is 2.09 bits per heavy atom. The molecule has 2 aromatic rings. The van der Waals surface area contributed by atoms with E-state index in [1.54, 1.807) is 4.57 Å². The highest BCUT2D eigenvalue weighted by Gasteiger charge is 2.21. The lowest BCUT2D eigenvalue weighted by Gasteiger charge is -2.31. The largest absolute Gasteiger partial charge is 0.341 e. The van der Waals surface area contributed by atoms with Crippen molar-refractivity contribution in [3.8, 4) is 0 Å². The minimum absolute atomic E-state index is 0.0482. The van der Waals surface area contributed by atoms with Crippen LogP contribution in [0, 0.1) is 12.8 Å². The van der Waals surface area contributed by atoms with Gasteiger partial charge < -0.3 is 9.47 Å². The molecule has 0 saturated carbocycles. The Morgan fingerprint density at radius 3 is 2.86 bits per heavy atom. The van der Waals surface area contributed by atoms with Crippen molar-refractivity contribution in [3.63, 3.8) is 0 Å². The van der Waals surface area contributed by atoms with Crippen molar-refractivity contribution in [1.29, 1.82) is 0 Å². The number of hydrogen-bond acceptors (Lipinski definition) is 2. The van der Waals surface area contributed by atoms with E-state index in [2.05, 4.69) is 6.92 Å². The predicted molar refractivity (Wildman–Crippen MR) is 87.9 cm³/mol. The molecular formula is C18H22N2O2. The Bertz CT molecular complexity index is 763. The zero-order valence-electron chi connectivity index (χ0n) is 13.2. The molecule has 3 rings (SSSR count). The number of rotatable bonds is 2. The first-order valence-electron chi connectivity index (χ1n) is 7.93. The first kappa shape index (κ1) is 14.8. The van der Waals surface area contributed by atoms with Gasteiger partial charge in [-0.05, 0) is 43.2 Å². The number of carbonyl (C=O) groups excluding carboxylic acids is 1. The topological polar surface area (TPSA) is 42.3 Å². The van der Waals surface area contributed by atoms with Gasteiger partial charge in [0.25, 0.3) is 5.56 Å². The predicted octanol–water partition coefficient (Wildman–Crippen LogP) is 2.57. The van der Waals surface area contributed by atoms with E-state index < -0.39 is 0 Å². The average Bonchev–Trinajstić information content (AvgIpc) is 2.51. The van der Waals surface area contributed by atoms with Crippen LogP contribution in [0.3, 0.4) is 0 Å². The van der Waals surface area contributed by atoms with Crippen LogP contribution < -0.4 is 5.56 Å². The van der Waals surface area contributed by atoms with Crippen LogP contribution in [0.1, 0.15) is 25.5 Å². The molecule has 2 heterocycles. The minimum Gasteiger partial charge on any atom is -0.341 e. The summed E-state index contributed by atoms with van der Waals surface area (Å²) in [5.41, 5.74) is 0.760. The van der Waals surface area contributed by atoms with Gasteiger partial charge in [-0.1, -0.05) is 25.1 Å². The van der Waals surface area contributed by atoms with Gasteiger partial charge in [0.15, 0.2) is 0 Å². The van der Waals surface area contributed by atoms with Crippen molar-refractivity contribution in [3.05, 3.63) is 46.4 Å². The SMILES string of the molecule is Cc1cc2ccccc2c(=O)n1CC(=O)N1CCCC(C)C1. The van der Waals surface area contributed by atoms with Gasteiger partial charge in [0.2, 0.25) is 5.91 Å². The molecule has 1 aromatic carbocycles. The van der Waals surface area contributed by atoms with E-state index in [1.807, 2.05) is 42.2 Å². The molecule has 1 aromatic heterocycles. The van der Waals surface area contributed by atoms with E-state index in [-0.39, 0.29) is 18.0 Å². The summed E-state index contributed by atoms with van der Waals surface area (Å²) < 4.78 is 1.60. The molecule has 1 fully saturated rings. The summed E-state index contributed by atoms with van der Waals surface area (Å²) in [6, 6.07) is 9.51. The van der Waals surface area contributed by atoms with Crippen LogP contribution in [0.2, 0.25) is 0 Å². The summed E-state index contributed by atoms with van der Waals surface area (Å²) in [5, 5.41) is 1.60. The fraction of sp³-hybridized carbons (Fsp3) is 0.444. The highest BCUT2D eigenvalue weighted by Crippen LogP contribution is 2.16. The van der Waals surface area contributed by atoms with Crippen LogP contribution in [-0.4, -0.2) is 28.5 Å². The maximum absolute atomic E-state index is 12.6. The summed E-state index contributed by atoms with van der Waals surface area (Å²) in [4.78, 5) is 27.0. The van der Waals surface area contributed by atoms with Crippen LogP contribution in [-0.2, 0) is 11.3 Å². The molecule has 0 aliphatic carbocycles. The quantitative estimate of drug-likeness (QED) is 0.855. The Balaban J connectivity index is 1.90. The van der Waals surface area contributed by atoms with E-state index in [4.69, 9.17) is 0 Å². The molecule has 1 aliphatic rings. The third-order valence-electron chi connectivity index (χ3n) is 4.53. The van der Waals surface area contributed by atoms with E-state index in [9.17, 15) is 9.59 Å². The molecule has 0 N–H and O–H groups in total. The molecule has 116 valence electrons. The average molecular weight is 298 g/mol. The lowest BCUT2D eigenvalue weighted by molar-refractivity contribution is -0.133. The van der Waals surface area contributed by atoms with Crippen LogP contribution in [0.4, 0.5) is 0 Å². The van der Waals surface area contributed by atoms with Crippen molar-refractivity contribution in [1.82, 2.24) is 9.47 Å². The second-order valence-electron chi connectivity index (χ2n) is 6.35. The van der Waals surface area contributed by atoms with Crippen LogP contribution in [0.15, 0.2) is 35.1 Å². The van der Waals surface area contributed by atoms with Gasteiger partial charge in [0, 0.05) is 24.2 Å². The normalized spacial score (nSPS) is 18.6. The van der Waals surface area contributed by atoms with Gasteiger partial charge in [0.1, 0.15) is 6.54 Å². The van der Waals surface area contributed by atoms with Crippen molar-refractivity contribution in [2.24, 2.45) is 5.92 Å². The summed E-state index contributed by atoms with van der Waals surface area (Å²) in [5.74, 6) is 0.596. The number of aromatic nitrogens is 1. The maximum Gasteiger partial charge on any atom is 0.259 e. The van der Waals surface area contributed by atoms with Crippen LogP contribution in [0.25, 0.3) is 10.8 Å². The standard InChI is InChI=1S/C18H22N2O2/c1-13-6-5-9-19(11-13)17(21)12-20-14(2)10-15-7-3-4-8-16(15)18(20)22/h3-4,7-8,10,13H,5-6,9,11-12H2,1-2H3. The molecule has 1 atom stereocenters. The maximum atomic E-state index is 12.6. The number of amides is 1. The zero-order valence-corrected chi connectivity index (χ0v) is 13.2. The molecule has 0 spiro atoms. The van der Waals surface area contributed by atoms with Gasteiger partial charge >= 0.3 is 0 Å². The summed E-state index contributed by atoms with van der Waals surface area (Å²) in [6.45, 7) is 5.82. The van der Waals surface area contributed by atoms with Gasteiger partial charge in [0.05, 0.1) is 0 Å². The van der Waals surface area contributed by atoms with Gasteiger partial charge in [-0.3, -0.25) is 9.59 Å². The summed E-state index contributed by atoms with van der Waals surface area (Å²) >= 11 is 0. The molecule has 0 bridgehead atoms. The van der Waals surface area contributed by atoms with E-state index >= 15 is 0 Å². The summed E-state index contributed by atoms with van der Waals surface area (Å²) in [6.07, 6.45) is 2.23. The van der Waals surface area contributed by atoms with Crippen molar-refractivity contribution < 1.29 is 4.79 Å². The fourth-order valence-electron chi connectivity index (χ4n) is 3.27. The monoisotopic (exact) mass is 298 g/mol.